The summed E-state index contributed by atoms with van der Waals surface area (Å²) >= 11 is 0. The fourth-order valence-electron chi connectivity index (χ4n) is 2.58. The Labute approximate surface area is 116 Å². The van der Waals surface area contributed by atoms with Gasteiger partial charge in [-0.3, -0.25) is 4.79 Å². The molecule has 0 fully saturated rings. The van der Waals surface area contributed by atoms with E-state index >= 15 is 0 Å². The van der Waals surface area contributed by atoms with E-state index in [0.29, 0.717) is 12.1 Å². The van der Waals surface area contributed by atoms with Crippen LogP contribution in [0.3, 0.4) is 0 Å². The molecule has 3 rings (SSSR count). The number of hydrogen-bond donors (Lipinski definition) is 1. The molecular formula is C16H15FN2O. The Hall–Kier alpha value is -2.36. The second-order valence-electron chi connectivity index (χ2n) is 4.93. The van der Waals surface area contributed by atoms with Crippen molar-refractivity contribution in [1.82, 2.24) is 0 Å². The van der Waals surface area contributed by atoms with Gasteiger partial charge in [-0.05, 0) is 42.7 Å². The van der Waals surface area contributed by atoms with Crippen molar-refractivity contribution in [3.05, 3.63) is 59.4 Å². The van der Waals surface area contributed by atoms with E-state index in [9.17, 15) is 9.18 Å². The van der Waals surface area contributed by atoms with Gasteiger partial charge in [-0.1, -0.05) is 18.2 Å². The molecule has 2 aromatic carbocycles. The zero-order chi connectivity index (χ0) is 14.1. The van der Waals surface area contributed by atoms with Gasteiger partial charge in [0.05, 0.1) is 5.69 Å². The summed E-state index contributed by atoms with van der Waals surface area (Å²) in [6.07, 6.45) is 1.91. The lowest BCUT2D eigenvalue weighted by molar-refractivity contribution is 0.0985. The largest absolute Gasteiger partial charge is 0.396 e. The topological polar surface area (TPSA) is 46.3 Å². The van der Waals surface area contributed by atoms with Crippen LogP contribution in [0.1, 0.15) is 22.3 Å². The number of carbonyl (C=O) groups is 1. The number of nitrogens with zero attached hydrogens (tertiary/aromatic N) is 1. The lowest BCUT2D eigenvalue weighted by Gasteiger charge is -2.29. The smallest absolute Gasteiger partial charge is 0.258 e. The maximum atomic E-state index is 13.2. The molecule has 0 atom stereocenters. The third kappa shape index (κ3) is 2.13. The highest BCUT2D eigenvalue weighted by Crippen LogP contribution is 2.28. The molecule has 0 radical (unpaired) electrons. The summed E-state index contributed by atoms with van der Waals surface area (Å²) < 4.78 is 13.2. The monoisotopic (exact) mass is 270 g/mol. The number of rotatable bonds is 1. The maximum absolute atomic E-state index is 13.2. The summed E-state index contributed by atoms with van der Waals surface area (Å²) in [5.74, 6) is -0.635. The van der Waals surface area contributed by atoms with Crippen molar-refractivity contribution < 1.29 is 9.18 Å². The van der Waals surface area contributed by atoms with Crippen molar-refractivity contribution in [1.29, 1.82) is 0 Å². The second kappa shape index (κ2) is 4.96. The van der Waals surface area contributed by atoms with Gasteiger partial charge in [-0.15, -0.1) is 0 Å². The molecule has 0 aromatic heterocycles. The van der Waals surface area contributed by atoms with Crippen LogP contribution in [0.25, 0.3) is 0 Å². The number of anilines is 2. The van der Waals surface area contributed by atoms with Crippen LogP contribution in [0.5, 0.6) is 0 Å². The molecule has 1 aliphatic rings. The Bertz CT molecular complexity index is 669. The van der Waals surface area contributed by atoms with E-state index in [-0.39, 0.29) is 11.6 Å². The summed E-state index contributed by atoms with van der Waals surface area (Å²) in [7, 11) is 0. The minimum absolute atomic E-state index is 0.00106. The fraction of sp³-hybridized carbons (Fsp3) is 0.188. The molecule has 2 aromatic rings. The van der Waals surface area contributed by atoms with Crippen LogP contribution in [0, 0.1) is 5.82 Å². The summed E-state index contributed by atoms with van der Waals surface area (Å²) in [5.41, 5.74) is 8.06. The van der Waals surface area contributed by atoms with E-state index < -0.39 is 5.82 Å². The van der Waals surface area contributed by atoms with Crippen LogP contribution >= 0.6 is 0 Å². The Balaban J connectivity index is 1.97. The highest BCUT2D eigenvalue weighted by molar-refractivity contribution is 6.07. The Kier molecular flexibility index (Phi) is 3.14. The van der Waals surface area contributed by atoms with Gasteiger partial charge in [-0.25, -0.2) is 4.39 Å². The van der Waals surface area contributed by atoms with Crippen LogP contribution in [0.15, 0.2) is 42.5 Å². The SMILES string of the molecule is Nc1cc(C(=O)N2CCCc3ccccc32)ccc1F. The van der Waals surface area contributed by atoms with E-state index in [1.807, 2.05) is 24.3 Å². The molecular weight excluding hydrogens is 255 g/mol. The first-order chi connectivity index (χ1) is 9.66. The fourth-order valence-corrected chi connectivity index (χ4v) is 2.58. The average molecular weight is 270 g/mol. The standard InChI is InChI=1S/C16H15FN2O/c17-13-8-7-12(10-14(13)18)16(20)19-9-3-5-11-4-1-2-6-15(11)19/h1-2,4,6-8,10H,3,5,9,18H2. The molecule has 0 saturated carbocycles. The number of fused-ring (bicyclic) bond motifs is 1. The Morgan fingerprint density at radius 1 is 1.20 bits per heavy atom. The number of carbonyl (C=O) groups excluding carboxylic acids is 1. The third-order valence-corrected chi connectivity index (χ3v) is 3.60. The van der Waals surface area contributed by atoms with E-state index in [1.165, 1.54) is 23.8 Å². The Morgan fingerprint density at radius 3 is 2.80 bits per heavy atom. The van der Waals surface area contributed by atoms with E-state index in [1.54, 1.807) is 4.90 Å². The zero-order valence-electron chi connectivity index (χ0n) is 11.0. The number of halogens is 1. The molecule has 1 amide bonds. The van der Waals surface area contributed by atoms with Crippen molar-refractivity contribution in [3.63, 3.8) is 0 Å². The van der Waals surface area contributed by atoms with Gasteiger partial charge in [0.15, 0.2) is 0 Å². The highest BCUT2D eigenvalue weighted by atomic mass is 19.1. The van der Waals surface area contributed by atoms with Gasteiger partial charge >= 0.3 is 0 Å². The molecule has 0 aliphatic carbocycles. The number of para-hydroxylation sites is 1. The van der Waals surface area contributed by atoms with E-state index in [4.69, 9.17) is 5.73 Å². The molecule has 1 heterocycles. The van der Waals surface area contributed by atoms with Crippen LogP contribution in [0.4, 0.5) is 15.8 Å². The van der Waals surface area contributed by atoms with Gasteiger partial charge in [0.2, 0.25) is 0 Å². The second-order valence-corrected chi connectivity index (χ2v) is 4.93. The summed E-state index contributed by atoms with van der Waals surface area (Å²) in [5, 5.41) is 0. The lowest BCUT2D eigenvalue weighted by Crippen LogP contribution is -2.35. The van der Waals surface area contributed by atoms with Crippen molar-refractivity contribution in [3.8, 4) is 0 Å². The summed E-state index contributed by atoms with van der Waals surface area (Å²) in [4.78, 5) is 14.3. The molecule has 1 aliphatic heterocycles. The maximum Gasteiger partial charge on any atom is 0.258 e. The minimum atomic E-state index is -0.499. The number of nitrogens with two attached hydrogens (primary N) is 1. The molecule has 20 heavy (non-hydrogen) atoms. The van der Waals surface area contributed by atoms with Gasteiger partial charge in [-0.2, -0.15) is 0 Å². The number of benzene rings is 2. The quantitative estimate of drug-likeness (QED) is 0.810. The number of nitrogen functional groups attached to an aromatic ring is 1. The van der Waals surface area contributed by atoms with Crippen molar-refractivity contribution >= 4 is 17.3 Å². The van der Waals surface area contributed by atoms with E-state index in [2.05, 4.69) is 0 Å². The molecule has 0 spiro atoms. The van der Waals surface area contributed by atoms with Crippen LogP contribution in [-0.4, -0.2) is 12.5 Å². The van der Waals surface area contributed by atoms with Crippen LogP contribution in [0.2, 0.25) is 0 Å². The highest BCUT2D eigenvalue weighted by Gasteiger charge is 2.23. The normalized spacial score (nSPS) is 13.9. The molecule has 2 N–H and O–H groups in total. The number of hydrogen-bond acceptors (Lipinski definition) is 2. The molecule has 102 valence electrons. The van der Waals surface area contributed by atoms with Crippen molar-refractivity contribution in [2.24, 2.45) is 0 Å². The van der Waals surface area contributed by atoms with Gasteiger partial charge in [0.1, 0.15) is 5.82 Å². The van der Waals surface area contributed by atoms with Crippen LogP contribution < -0.4 is 10.6 Å². The molecule has 0 unspecified atom stereocenters. The summed E-state index contributed by atoms with van der Waals surface area (Å²) in [6, 6.07) is 12.0. The minimum Gasteiger partial charge on any atom is -0.396 e. The molecule has 0 bridgehead atoms. The predicted octanol–water partition coefficient (Wildman–Crippen LogP) is 3.00. The molecule has 3 nitrogen and oxygen atoms in total. The predicted molar refractivity (Wildman–Crippen MR) is 77.3 cm³/mol. The van der Waals surface area contributed by atoms with Gasteiger partial charge in [0.25, 0.3) is 5.91 Å². The zero-order valence-corrected chi connectivity index (χ0v) is 11.0. The number of aryl methyl sites for hydroxylation is 1. The third-order valence-electron chi connectivity index (χ3n) is 3.60. The van der Waals surface area contributed by atoms with Crippen LogP contribution in [-0.2, 0) is 6.42 Å². The average Bonchev–Trinajstić information content (AvgIpc) is 2.49. The summed E-state index contributed by atoms with van der Waals surface area (Å²) in [6.45, 7) is 0.674. The molecule has 4 heteroatoms. The Morgan fingerprint density at radius 2 is 2.00 bits per heavy atom. The lowest BCUT2D eigenvalue weighted by atomic mass is 10.0. The first-order valence-electron chi connectivity index (χ1n) is 6.61. The molecule has 0 saturated heterocycles. The first-order valence-corrected chi connectivity index (χ1v) is 6.61. The first kappa shape index (κ1) is 12.7. The van der Waals surface area contributed by atoms with Crippen molar-refractivity contribution in [2.45, 2.75) is 12.8 Å². The number of amides is 1. The van der Waals surface area contributed by atoms with Gasteiger partial charge < -0.3 is 10.6 Å². The van der Waals surface area contributed by atoms with E-state index in [0.717, 1.165) is 18.5 Å². The van der Waals surface area contributed by atoms with Crippen molar-refractivity contribution in [2.75, 3.05) is 17.2 Å². The van der Waals surface area contributed by atoms with Gasteiger partial charge in [0, 0.05) is 17.8 Å².